The van der Waals surface area contributed by atoms with Crippen molar-refractivity contribution in [2.24, 2.45) is 5.73 Å². The lowest BCUT2D eigenvalue weighted by Crippen LogP contribution is -2.44. The van der Waals surface area contributed by atoms with Gasteiger partial charge in [-0.2, -0.15) is 11.8 Å². The highest BCUT2D eigenvalue weighted by atomic mass is 35.5. The smallest absolute Gasteiger partial charge is 0.239 e. The third kappa shape index (κ3) is 7.07. The topological polar surface area (TPSA) is 49.6 Å². The van der Waals surface area contributed by atoms with Crippen molar-refractivity contribution in [3.63, 3.8) is 0 Å². The van der Waals surface area contributed by atoms with Crippen molar-refractivity contribution in [1.29, 1.82) is 0 Å². The molecule has 0 aliphatic carbocycles. The number of hydrogen-bond acceptors (Lipinski definition) is 4. The molecule has 0 aliphatic heterocycles. The quantitative estimate of drug-likeness (QED) is 0.792. The Bertz CT molecular complexity index is 405. The molecular formula is C15H26ClN3OS. The van der Waals surface area contributed by atoms with Crippen LogP contribution in [-0.2, 0) is 4.79 Å². The summed E-state index contributed by atoms with van der Waals surface area (Å²) in [5, 5.41) is 0. The molecule has 1 rings (SSSR count). The van der Waals surface area contributed by atoms with Gasteiger partial charge in [0.05, 0.1) is 6.04 Å². The summed E-state index contributed by atoms with van der Waals surface area (Å²) in [7, 11) is 3.85. The molecule has 0 saturated heterocycles. The first-order valence-corrected chi connectivity index (χ1v) is 8.21. The summed E-state index contributed by atoms with van der Waals surface area (Å²) in [5.74, 6) is 0.950. The third-order valence-corrected chi connectivity index (χ3v) is 3.94. The van der Waals surface area contributed by atoms with Crippen LogP contribution in [0.3, 0.4) is 0 Å². The minimum Gasteiger partial charge on any atom is -0.373 e. The van der Waals surface area contributed by atoms with E-state index in [1.165, 1.54) is 0 Å². The van der Waals surface area contributed by atoms with Crippen LogP contribution >= 0.6 is 24.2 Å². The number of carbonyl (C=O) groups is 1. The summed E-state index contributed by atoms with van der Waals surface area (Å²) in [6, 6.07) is 9.77. The number of rotatable bonds is 8. The zero-order chi connectivity index (χ0) is 15.0. The van der Waals surface area contributed by atoms with E-state index < -0.39 is 0 Å². The molecule has 2 N–H and O–H groups in total. The van der Waals surface area contributed by atoms with Gasteiger partial charge in [-0.05, 0) is 30.6 Å². The van der Waals surface area contributed by atoms with Crippen LogP contribution in [0.2, 0.25) is 0 Å². The fraction of sp³-hybridized carbons (Fsp3) is 0.533. The van der Waals surface area contributed by atoms with Crippen LogP contribution in [0.15, 0.2) is 30.3 Å². The highest BCUT2D eigenvalue weighted by Crippen LogP contribution is 2.10. The normalized spacial score (nSPS) is 11.4. The Balaban J connectivity index is 0.00000400. The van der Waals surface area contributed by atoms with Crippen LogP contribution in [0.1, 0.15) is 6.42 Å². The Kier molecular flexibility index (Phi) is 10.3. The monoisotopic (exact) mass is 331 g/mol. The van der Waals surface area contributed by atoms with Crippen LogP contribution in [0.25, 0.3) is 0 Å². The van der Waals surface area contributed by atoms with Crippen molar-refractivity contribution in [2.75, 3.05) is 44.1 Å². The second-order valence-corrected chi connectivity index (χ2v) is 5.89. The fourth-order valence-electron chi connectivity index (χ4n) is 1.87. The van der Waals surface area contributed by atoms with Crippen LogP contribution < -0.4 is 10.6 Å². The lowest BCUT2D eigenvalue weighted by atomic mass is 10.2. The van der Waals surface area contributed by atoms with Gasteiger partial charge >= 0.3 is 0 Å². The zero-order valence-corrected chi connectivity index (χ0v) is 14.6. The molecule has 0 saturated carbocycles. The number of nitrogens with zero attached hydrogens (tertiary/aromatic N) is 2. The van der Waals surface area contributed by atoms with Gasteiger partial charge in [-0.3, -0.25) is 4.79 Å². The summed E-state index contributed by atoms with van der Waals surface area (Å²) >= 11 is 1.72. The standard InChI is InChI=1S/C15H25N3OS.ClH/c1-17(13-7-5-4-6-8-13)10-11-18(2)15(19)14(16)9-12-20-3;/h4-8,14H,9-12,16H2,1-3H3;1H/t14-;/m0./s1. The molecule has 120 valence electrons. The minimum atomic E-state index is -0.380. The van der Waals surface area contributed by atoms with Crippen molar-refractivity contribution < 1.29 is 4.79 Å². The van der Waals surface area contributed by atoms with E-state index >= 15 is 0 Å². The fourth-order valence-corrected chi connectivity index (χ4v) is 2.36. The number of para-hydroxylation sites is 1. The number of carbonyl (C=O) groups excluding carboxylic acids is 1. The first kappa shape index (κ1) is 20.1. The molecule has 1 aromatic rings. The number of nitrogens with two attached hydrogens (primary N) is 1. The average molecular weight is 332 g/mol. The van der Waals surface area contributed by atoms with E-state index in [-0.39, 0.29) is 24.4 Å². The number of likely N-dealkylation sites (N-methyl/N-ethyl adjacent to an activating group) is 2. The molecule has 0 spiro atoms. The van der Waals surface area contributed by atoms with Crippen LogP contribution in [0.5, 0.6) is 0 Å². The molecule has 0 bridgehead atoms. The second-order valence-electron chi connectivity index (χ2n) is 4.90. The SMILES string of the molecule is CSCC[C@H](N)C(=O)N(C)CCN(C)c1ccccc1.Cl. The number of halogens is 1. The molecule has 0 heterocycles. The first-order chi connectivity index (χ1) is 9.56. The molecular weight excluding hydrogens is 306 g/mol. The first-order valence-electron chi connectivity index (χ1n) is 6.82. The van der Waals surface area contributed by atoms with E-state index in [9.17, 15) is 4.79 Å². The summed E-state index contributed by atoms with van der Waals surface area (Å²) in [6.45, 7) is 1.47. The van der Waals surface area contributed by atoms with Crippen LogP contribution in [0, 0.1) is 0 Å². The van der Waals surface area contributed by atoms with E-state index in [1.54, 1.807) is 16.7 Å². The summed E-state index contributed by atoms with van der Waals surface area (Å²) < 4.78 is 0. The van der Waals surface area contributed by atoms with E-state index in [0.29, 0.717) is 6.54 Å². The Labute approximate surface area is 138 Å². The molecule has 0 unspecified atom stereocenters. The number of anilines is 1. The summed E-state index contributed by atoms with van der Waals surface area (Å²) in [6.07, 6.45) is 2.76. The largest absolute Gasteiger partial charge is 0.373 e. The van der Waals surface area contributed by atoms with Crippen molar-refractivity contribution in [3.8, 4) is 0 Å². The predicted molar refractivity (Wildman–Crippen MR) is 95.6 cm³/mol. The van der Waals surface area contributed by atoms with Gasteiger partial charge in [0.25, 0.3) is 0 Å². The zero-order valence-electron chi connectivity index (χ0n) is 13.0. The number of amides is 1. The van der Waals surface area contributed by atoms with Gasteiger partial charge in [0, 0.05) is 32.9 Å². The molecule has 0 fully saturated rings. The molecule has 1 amide bonds. The van der Waals surface area contributed by atoms with Gasteiger partial charge in [0.15, 0.2) is 0 Å². The van der Waals surface area contributed by atoms with Crippen LogP contribution in [0.4, 0.5) is 5.69 Å². The Morgan fingerprint density at radius 2 is 1.86 bits per heavy atom. The lowest BCUT2D eigenvalue weighted by molar-refractivity contribution is -0.131. The highest BCUT2D eigenvalue weighted by molar-refractivity contribution is 7.98. The predicted octanol–water partition coefficient (Wildman–Crippen LogP) is 2.08. The number of benzene rings is 1. The highest BCUT2D eigenvalue weighted by Gasteiger charge is 2.17. The summed E-state index contributed by atoms with van der Waals surface area (Å²) in [4.78, 5) is 15.9. The van der Waals surface area contributed by atoms with Gasteiger partial charge in [0.1, 0.15) is 0 Å². The van der Waals surface area contributed by atoms with Gasteiger partial charge in [-0.15, -0.1) is 12.4 Å². The molecule has 0 aromatic heterocycles. The van der Waals surface area contributed by atoms with Crippen molar-refractivity contribution >= 4 is 35.8 Å². The maximum absolute atomic E-state index is 12.1. The van der Waals surface area contributed by atoms with Crippen molar-refractivity contribution in [3.05, 3.63) is 30.3 Å². The molecule has 4 nitrogen and oxygen atoms in total. The van der Waals surface area contributed by atoms with Crippen molar-refractivity contribution in [2.45, 2.75) is 12.5 Å². The average Bonchev–Trinajstić information content (AvgIpc) is 2.49. The van der Waals surface area contributed by atoms with Gasteiger partial charge in [-0.1, -0.05) is 18.2 Å². The number of hydrogen-bond donors (Lipinski definition) is 1. The molecule has 6 heteroatoms. The van der Waals surface area contributed by atoms with Crippen LogP contribution in [-0.4, -0.2) is 56.0 Å². The third-order valence-electron chi connectivity index (χ3n) is 3.29. The molecule has 0 aliphatic rings. The molecule has 1 atom stereocenters. The Hall–Kier alpha value is -0.910. The van der Waals surface area contributed by atoms with Gasteiger partial charge in [-0.25, -0.2) is 0 Å². The second kappa shape index (κ2) is 10.8. The summed E-state index contributed by atoms with van der Waals surface area (Å²) in [5.41, 5.74) is 7.06. The minimum absolute atomic E-state index is 0. The van der Waals surface area contributed by atoms with E-state index in [0.717, 1.165) is 24.4 Å². The maximum Gasteiger partial charge on any atom is 0.239 e. The maximum atomic E-state index is 12.1. The molecule has 0 radical (unpaired) electrons. The van der Waals surface area contributed by atoms with Gasteiger partial charge < -0.3 is 15.5 Å². The van der Waals surface area contributed by atoms with Crippen molar-refractivity contribution in [1.82, 2.24) is 4.90 Å². The van der Waals surface area contributed by atoms with E-state index in [4.69, 9.17) is 5.73 Å². The van der Waals surface area contributed by atoms with E-state index in [1.807, 2.05) is 38.6 Å². The Morgan fingerprint density at radius 3 is 2.43 bits per heavy atom. The lowest BCUT2D eigenvalue weighted by Gasteiger charge is -2.25. The molecule has 21 heavy (non-hydrogen) atoms. The molecule has 1 aromatic carbocycles. The van der Waals surface area contributed by atoms with Gasteiger partial charge in [0.2, 0.25) is 5.91 Å². The van der Waals surface area contributed by atoms with E-state index in [2.05, 4.69) is 17.0 Å². The Morgan fingerprint density at radius 1 is 1.24 bits per heavy atom. The number of thioether (sulfide) groups is 1.